The number of ether oxygens (including phenoxy) is 2. The number of benzene rings is 2. The quantitative estimate of drug-likeness (QED) is 0.498. The minimum atomic E-state index is -0.601. The van der Waals surface area contributed by atoms with Gasteiger partial charge in [0.05, 0.1) is 26.4 Å². The summed E-state index contributed by atoms with van der Waals surface area (Å²) in [6.07, 6.45) is 0.275. The van der Waals surface area contributed by atoms with Crippen LogP contribution in [0.25, 0.3) is 0 Å². The summed E-state index contributed by atoms with van der Waals surface area (Å²) >= 11 is 0. The second kappa shape index (κ2) is 13.4. The summed E-state index contributed by atoms with van der Waals surface area (Å²) in [5.41, 5.74) is 2.58. The molecule has 0 aliphatic carbocycles. The number of aliphatic hydroxyl groups is 1. The van der Waals surface area contributed by atoms with E-state index in [1.54, 1.807) is 17.0 Å². The van der Waals surface area contributed by atoms with Crippen molar-refractivity contribution in [2.24, 2.45) is 0 Å². The molecule has 45 heavy (non-hydrogen) atoms. The van der Waals surface area contributed by atoms with Crippen LogP contribution in [0.1, 0.15) is 58.2 Å². The number of fused-ring (bicyclic) bond motifs is 1. The number of anilines is 1. The zero-order valence-electron chi connectivity index (χ0n) is 27.6. The molecule has 0 aromatic heterocycles. The SMILES string of the molecule is C[C@@H]1COCCN1C[C@H]1CN(C(=O)OC(C)(C)C)[C@@H](C)CN1CC(=O)N1C[C@@](C)(CO)c2ccc(Cc3ccc(F)cc3)cc21. The highest BCUT2D eigenvalue weighted by Crippen LogP contribution is 2.41. The van der Waals surface area contributed by atoms with Gasteiger partial charge >= 0.3 is 6.09 Å². The Bertz CT molecular complexity index is 1360. The first-order valence-corrected chi connectivity index (χ1v) is 16.1. The van der Waals surface area contributed by atoms with E-state index in [1.807, 2.05) is 57.7 Å². The molecule has 1 N–H and O–H groups in total. The third kappa shape index (κ3) is 7.68. The zero-order valence-corrected chi connectivity index (χ0v) is 27.6. The number of carbonyl (C=O) groups excluding carboxylic acids is 2. The van der Waals surface area contributed by atoms with Gasteiger partial charge in [-0.05, 0) is 75.9 Å². The highest BCUT2D eigenvalue weighted by atomic mass is 19.1. The summed E-state index contributed by atoms with van der Waals surface area (Å²) in [7, 11) is 0. The van der Waals surface area contributed by atoms with Crippen molar-refractivity contribution in [2.45, 2.75) is 77.1 Å². The van der Waals surface area contributed by atoms with Crippen LogP contribution in [0.15, 0.2) is 42.5 Å². The van der Waals surface area contributed by atoms with E-state index in [1.165, 1.54) is 12.1 Å². The number of halogens is 1. The van der Waals surface area contributed by atoms with Gasteiger partial charge in [0.1, 0.15) is 11.4 Å². The van der Waals surface area contributed by atoms with Crippen molar-refractivity contribution < 1.29 is 28.6 Å². The molecule has 5 rings (SSSR count). The molecule has 2 aromatic carbocycles. The molecule has 2 saturated heterocycles. The fourth-order valence-corrected chi connectivity index (χ4v) is 6.75. The molecule has 4 atom stereocenters. The third-order valence-electron chi connectivity index (χ3n) is 9.35. The van der Waals surface area contributed by atoms with Crippen molar-refractivity contribution >= 4 is 17.7 Å². The number of rotatable bonds is 7. The molecule has 10 heteroatoms. The summed E-state index contributed by atoms with van der Waals surface area (Å²) in [5.74, 6) is -0.309. The number of amides is 2. The summed E-state index contributed by atoms with van der Waals surface area (Å²) in [6.45, 7) is 16.1. The lowest BCUT2D eigenvalue weighted by Crippen LogP contribution is -2.64. The molecule has 2 fully saturated rings. The topological polar surface area (TPSA) is 85.8 Å². The van der Waals surface area contributed by atoms with Crippen LogP contribution in [0.3, 0.4) is 0 Å². The second-order valence-corrected chi connectivity index (χ2v) is 14.3. The summed E-state index contributed by atoms with van der Waals surface area (Å²) in [6, 6.07) is 12.6. The van der Waals surface area contributed by atoms with Gasteiger partial charge in [0.25, 0.3) is 0 Å². The van der Waals surface area contributed by atoms with E-state index in [9.17, 15) is 19.1 Å². The van der Waals surface area contributed by atoms with Gasteiger partial charge in [-0.1, -0.05) is 31.2 Å². The van der Waals surface area contributed by atoms with Crippen molar-refractivity contribution in [2.75, 3.05) is 64.0 Å². The Kier molecular flexibility index (Phi) is 9.89. The lowest BCUT2D eigenvalue weighted by Gasteiger charge is -2.47. The van der Waals surface area contributed by atoms with Crippen LogP contribution in [0.5, 0.6) is 0 Å². The van der Waals surface area contributed by atoms with E-state index in [0.717, 1.165) is 28.9 Å². The second-order valence-electron chi connectivity index (χ2n) is 14.3. The number of hydrogen-bond donors (Lipinski definition) is 1. The number of piperazine rings is 1. The van der Waals surface area contributed by atoms with Crippen LogP contribution in [0.2, 0.25) is 0 Å². The van der Waals surface area contributed by atoms with Crippen LogP contribution in [0, 0.1) is 5.82 Å². The standard InChI is InChI=1S/C35H49FN4O5/c1-24-17-38(29(18-37-13-14-44-21-25(37)2)19-39(24)33(43)45-34(3,4)5)20-32(42)40-22-35(6,23-41)30-12-9-27(16-31(30)40)15-26-7-10-28(36)11-8-26/h7-12,16,24-25,29,41H,13-15,17-23H2,1-6H3/t24-,25+,29-,35-/m0/s1. The monoisotopic (exact) mass is 624 g/mol. The van der Waals surface area contributed by atoms with Crippen LogP contribution in [-0.2, 0) is 26.1 Å². The van der Waals surface area contributed by atoms with Crippen molar-refractivity contribution in [3.05, 3.63) is 65.0 Å². The fourth-order valence-electron chi connectivity index (χ4n) is 6.75. The molecule has 3 aliphatic rings. The third-order valence-corrected chi connectivity index (χ3v) is 9.35. The average molecular weight is 625 g/mol. The molecule has 2 amide bonds. The van der Waals surface area contributed by atoms with Crippen molar-refractivity contribution in [1.29, 1.82) is 0 Å². The maximum absolute atomic E-state index is 14.2. The number of hydrogen-bond acceptors (Lipinski definition) is 7. The van der Waals surface area contributed by atoms with Crippen molar-refractivity contribution in [1.82, 2.24) is 14.7 Å². The average Bonchev–Trinajstić information content (AvgIpc) is 3.28. The molecule has 3 aliphatic heterocycles. The molecule has 0 radical (unpaired) electrons. The van der Waals surface area contributed by atoms with Gasteiger partial charge in [0.2, 0.25) is 5.91 Å². The molecule has 0 unspecified atom stereocenters. The van der Waals surface area contributed by atoms with E-state index in [2.05, 4.69) is 16.7 Å². The lowest BCUT2D eigenvalue weighted by molar-refractivity contribution is -0.122. The van der Waals surface area contributed by atoms with Crippen molar-refractivity contribution in [3.8, 4) is 0 Å². The van der Waals surface area contributed by atoms with Gasteiger partial charge in [-0.2, -0.15) is 0 Å². The Morgan fingerprint density at radius 1 is 1.04 bits per heavy atom. The van der Waals surface area contributed by atoms with Gasteiger partial charge in [0.15, 0.2) is 0 Å². The molecule has 2 aromatic rings. The Morgan fingerprint density at radius 3 is 2.42 bits per heavy atom. The lowest BCUT2D eigenvalue weighted by atomic mass is 9.85. The van der Waals surface area contributed by atoms with E-state index >= 15 is 0 Å². The molecule has 0 saturated carbocycles. The highest BCUT2D eigenvalue weighted by molar-refractivity contribution is 5.97. The summed E-state index contributed by atoms with van der Waals surface area (Å²) < 4.78 is 24.9. The Morgan fingerprint density at radius 2 is 1.76 bits per heavy atom. The fraction of sp³-hybridized carbons (Fsp3) is 0.600. The predicted octanol–water partition coefficient (Wildman–Crippen LogP) is 4.04. The molecule has 246 valence electrons. The first-order chi connectivity index (χ1) is 21.3. The molecule has 9 nitrogen and oxygen atoms in total. The Hall–Kier alpha value is -3.05. The number of nitrogens with zero attached hydrogens (tertiary/aromatic N) is 4. The van der Waals surface area contributed by atoms with E-state index in [4.69, 9.17) is 9.47 Å². The molecular formula is C35H49FN4O5. The van der Waals surface area contributed by atoms with E-state index < -0.39 is 11.0 Å². The highest BCUT2D eigenvalue weighted by Gasteiger charge is 2.43. The first kappa shape index (κ1) is 33.3. The molecular weight excluding hydrogens is 575 g/mol. The zero-order chi connectivity index (χ0) is 32.5. The minimum Gasteiger partial charge on any atom is -0.444 e. The Balaban J connectivity index is 1.38. The smallest absolute Gasteiger partial charge is 0.410 e. The summed E-state index contributed by atoms with van der Waals surface area (Å²) in [4.78, 5) is 35.7. The van der Waals surface area contributed by atoms with Crippen LogP contribution >= 0.6 is 0 Å². The molecule has 3 heterocycles. The van der Waals surface area contributed by atoms with Gasteiger partial charge in [-0.25, -0.2) is 9.18 Å². The largest absolute Gasteiger partial charge is 0.444 e. The number of morpholine rings is 1. The Labute approximate surface area is 266 Å². The predicted molar refractivity (Wildman–Crippen MR) is 172 cm³/mol. The van der Waals surface area contributed by atoms with Crippen LogP contribution in [0.4, 0.5) is 14.9 Å². The van der Waals surface area contributed by atoms with Gasteiger partial charge in [0, 0.05) is 62.0 Å². The van der Waals surface area contributed by atoms with E-state index in [-0.39, 0.29) is 49.1 Å². The van der Waals surface area contributed by atoms with Crippen LogP contribution in [-0.4, -0.2) is 115 Å². The molecule has 0 bridgehead atoms. The minimum absolute atomic E-state index is 0.0368. The normalized spacial score (nSPS) is 26.2. The van der Waals surface area contributed by atoms with Crippen molar-refractivity contribution in [3.63, 3.8) is 0 Å². The number of aliphatic hydroxyl groups excluding tert-OH is 1. The van der Waals surface area contributed by atoms with E-state index in [0.29, 0.717) is 45.8 Å². The van der Waals surface area contributed by atoms with Gasteiger partial charge in [-0.15, -0.1) is 0 Å². The maximum atomic E-state index is 14.2. The molecule has 0 spiro atoms. The summed E-state index contributed by atoms with van der Waals surface area (Å²) in [5, 5.41) is 10.4. The number of carbonyl (C=O) groups is 2. The maximum Gasteiger partial charge on any atom is 0.410 e. The van der Waals surface area contributed by atoms with Gasteiger partial charge < -0.3 is 24.4 Å². The van der Waals surface area contributed by atoms with Crippen LogP contribution < -0.4 is 4.90 Å². The van der Waals surface area contributed by atoms with Gasteiger partial charge in [-0.3, -0.25) is 14.6 Å². The first-order valence-electron chi connectivity index (χ1n) is 16.1.